The molecular formula is C46H48N16O. The Hall–Kier alpha value is -8.34. The zero-order valence-electron chi connectivity index (χ0n) is 35.8. The van der Waals surface area contributed by atoms with Crippen LogP contribution in [0.1, 0.15) is 51.9 Å². The molecule has 0 amide bonds. The number of carbonyl (C=O) groups excluding carboxylic acids is 1. The monoisotopic (exact) mass is 840 g/mol. The topological polar surface area (TPSA) is 238 Å². The second-order valence-electron chi connectivity index (χ2n) is 16.4. The number of aromatic nitrogens is 12. The summed E-state index contributed by atoms with van der Waals surface area (Å²) in [6, 6.07) is 27.4. The van der Waals surface area contributed by atoms with Crippen molar-refractivity contribution in [1.29, 1.82) is 0 Å². The number of fused-ring (bicyclic) bond motifs is 1. The summed E-state index contributed by atoms with van der Waals surface area (Å²) in [5.74, 6) is 1.40. The minimum atomic E-state index is -0.189. The lowest BCUT2D eigenvalue weighted by Gasteiger charge is -2.25. The summed E-state index contributed by atoms with van der Waals surface area (Å²) in [5.41, 5.74) is 27.5. The molecule has 63 heavy (non-hydrogen) atoms. The van der Waals surface area contributed by atoms with Gasteiger partial charge in [0.15, 0.2) is 6.29 Å². The summed E-state index contributed by atoms with van der Waals surface area (Å²) in [6.45, 7) is 12.8. The fourth-order valence-electron chi connectivity index (χ4n) is 6.68. The van der Waals surface area contributed by atoms with Crippen LogP contribution < -0.4 is 22.5 Å². The van der Waals surface area contributed by atoms with Crippen LogP contribution in [0.25, 0.3) is 56.0 Å². The van der Waals surface area contributed by atoms with Gasteiger partial charge < -0.3 is 27.1 Å². The van der Waals surface area contributed by atoms with Crippen molar-refractivity contribution in [3.05, 3.63) is 141 Å². The highest BCUT2D eigenvalue weighted by Gasteiger charge is 2.25. The molecule has 5 aromatic heterocycles. The normalized spacial score (nSPS) is 11.3. The highest BCUT2D eigenvalue weighted by Crippen LogP contribution is 2.35. The number of nitrogen functional groups attached to an aromatic ring is 3. The summed E-state index contributed by atoms with van der Waals surface area (Å²) >= 11 is 0. The number of aldehydes is 1. The summed E-state index contributed by atoms with van der Waals surface area (Å²) in [4.78, 5) is 39.8. The number of nitrogens with two attached hydrogens (primary N) is 3. The van der Waals surface area contributed by atoms with Gasteiger partial charge in [0.1, 0.15) is 31.1 Å². The van der Waals surface area contributed by atoms with Crippen LogP contribution in [0.3, 0.4) is 0 Å². The molecule has 0 aliphatic heterocycles. The average Bonchev–Trinajstić information content (AvgIpc) is 4.07. The Bertz CT molecular complexity index is 2930. The Kier molecular flexibility index (Phi) is 12.3. The third kappa shape index (κ3) is 10.2. The quantitative estimate of drug-likeness (QED) is 0.0890. The second kappa shape index (κ2) is 18.1. The van der Waals surface area contributed by atoms with Crippen LogP contribution in [0.4, 0.5) is 23.3 Å². The van der Waals surface area contributed by atoms with E-state index in [0.717, 1.165) is 68.0 Å². The molecular weight excluding hydrogens is 793 g/mol. The van der Waals surface area contributed by atoms with Crippen molar-refractivity contribution >= 4 is 40.6 Å². The zero-order chi connectivity index (χ0) is 44.7. The molecule has 17 nitrogen and oxygen atoms in total. The molecule has 17 heteroatoms. The van der Waals surface area contributed by atoms with E-state index in [2.05, 4.69) is 116 Å². The van der Waals surface area contributed by atoms with Crippen LogP contribution >= 0.6 is 0 Å². The van der Waals surface area contributed by atoms with Gasteiger partial charge >= 0.3 is 0 Å². The molecule has 9 rings (SSSR count). The van der Waals surface area contributed by atoms with Gasteiger partial charge in [-0.3, -0.25) is 4.79 Å². The molecule has 4 aromatic carbocycles. The van der Waals surface area contributed by atoms with Gasteiger partial charge in [-0.05, 0) is 101 Å². The molecule has 0 aliphatic rings. The lowest BCUT2D eigenvalue weighted by atomic mass is 10.0. The second-order valence-corrected chi connectivity index (χ2v) is 16.4. The van der Waals surface area contributed by atoms with E-state index in [4.69, 9.17) is 22.2 Å². The molecule has 0 bridgehead atoms. The van der Waals surface area contributed by atoms with Crippen LogP contribution in [0, 0.1) is 0 Å². The maximum absolute atomic E-state index is 10.7. The molecule has 0 aliphatic carbocycles. The Morgan fingerprint density at radius 2 is 1.16 bits per heavy atom. The van der Waals surface area contributed by atoms with Crippen molar-refractivity contribution in [2.24, 2.45) is 0 Å². The molecule has 9 aromatic rings. The van der Waals surface area contributed by atoms with E-state index >= 15 is 0 Å². The van der Waals surface area contributed by atoms with Gasteiger partial charge in [-0.25, -0.2) is 44.3 Å². The molecule has 7 N–H and O–H groups in total. The Labute approximate surface area is 364 Å². The first-order valence-electron chi connectivity index (χ1n) is 19.9. The van der Waals surface area contributed by atoms with Crippen LogP contribution in [0.5, 0.6) is 0 Å². The Morgan fingerprint density at radius 1 is 0.619 bits per heavy atom. The number of carbonyl (C=O) groups is 1. The molecule has 0 unspecified atom stereocenters. The van der Waals surface area contributed by atoms with Gasteiger partial charge in [0.2, 0.25) is 11.9 Å². The van der Waals surface area contributed by atoms with E-state index in [-0.39, 0.29) is 23.0 Å². The van der Waals surface area contributed by atoms with E-state index in [9.17, 15) is 4.79 Å². The van der Waals surface area contributed by atoms with Gasteiger partial charge in [0.25, 0.3) is 0 Å². The highest BCUT2D eigenvalue weighted by atomic mass is 16.1. The summed E-state index contributed by atoms with van der Waals surface area (Å²) < 4.78 is 5.59. The van der Waals surface area contributed by atoms with Gasteiger partial charge in [0.05, 0.1) is 33.8 Å². The van der Waals surface area contributed by atoms with E-state index in [1.807, 2.05) is 54.6 Å². The smallest absolute Gasteiger partial charge is 0.219 e. The molecule has 0 radical (unpaired) electrons. The number of benzene rings is 4. The largest absolute Gasteiger partial charge is 0.397 e. The van der Waals surface area contributed by atoms with Crippen molar-refractivity contribution in [3.8, 4) is 45.0 Å². The van der Waals surface area contributed by atoms with Crippen molar-refractivity contribution in [3.63, 3.8) is 0 Å². The predicted molar refractivity (Wildman–Crippen MR) is 247 cm³/mol. The molecule has 0 fully saturated rings. The number of hydrogen-bond donors (Lipinski definition) is 4. The van der Waals surface area contributed by atoms with Crippen LogP contribution in [-0.4, -0.2) is 70.8 Å². The summed E-state index contributed by atoms with van der Waals surface area (Å²) in [7, 11) is 0. The van der Waals surface area contributed by atoms with Crippen molar-refractivity contribution < 1.29 is 4.79 Å². The summed E-state index contributed by atoms with van der Waals surface area (Å²) in [5, 5.41) is 11.6. The van der Waals surface area contributed by atoms with Crippen molar-refractivity contribution in [2.45, 2.75) is 52.6 Å². The number of nitrogens with zero attached hydrogens (tertiary/aromatic N) is 12. The Morgan fingerprint density at radius 3 is 1.70 bits per heavy atom. The number of imidazole rings is 1. The lowest BCUT2D eigenvalue weighted by Crippen LogP contribution is -2.26. The maximum atomic E-state index is 10.7. The van der Waals surface area contributed by atoms with Gasteiger partial charge in [-0.2, -0.15) is 10.2 Å². The SMILES string of the molecule is CC(C)(C)Nc1ccc(-c2cnc(N)nc2)cc1N.CC(C)(C)n1c(-c2ccccc2-n2cncn2)nc2cc(-c3cnc(N)nc3)ccc21.O=Cc1ccccc1-n1cncn1. The highest BCUT2D eigenvalue weighted by molar-refractivity contribution is 5.87. The van der Waals surface area contributed by atoms with Gasteiger partial charge in [-0.15, -0.1) is 0 Å². The van der Waals surface area contributed by atoms with E-state index < -0.39 is 0 Å². The van der Waals surface area contributed by atoms with Gasteiger partial charge in [-0.1, -0.05) is 36.4 Å². The first-order chi connectivity index (χ1) is 30.2. The molecule has 0 spiro atoms. The maximum Gasteiger partial charge on any atom is 0.219 e. The van der Waals surface area contributed by atoms with E-state index in [0.29, 0.717) is 11.3 Å². The third-order valence-electron chi connectivity index (χ3n) is 9.44. The molecule has 5 heterocycles. The number of anilines is 4. The molecule has 0 saturated heterocycles. The van der Waals surface area contributed by atoms with Gasteiger partial charge in [0, 0.05) is 58.1 Å². The molecule has 318 valence electrons. The van der Waals surface area contributed by atoms with E-state index in [1.165, 1.54) is 12.7 Å². The molecule has 0 atom stereocenters. The molecule has 0 saturated carbocycles. The number of rotatable bonds is 7. The van der Waals surface area contributed by atoms with Crippen LogP contribution in [-0.2, 0) is 5.54 Å². The zero-order valence-corrected chi connectivity index (χ0v) is 35.8. The standard InChI is InChI=1S/C23H22N8.C14H19N5.C9H7N3O/c1-23(2,3)31-20-9-8-15(16-11-26-22(24)27-12-16)10-18(20)29-21(31)17-6-4-5-7-19(17)30-14-25-13-28-30;1-14(2,3)19-12-5-4-9(6-11(12)15)10-7-17-13(16)18-8-10;13-5-8-3-1-2-4-9(8)12-7-10-6-11-12/h4-14H,1-3H3,(H2,24,26,27);4-8,19H,15H2,1-3H3,(H2,16,17,18);1-7H. The van der Waals surface area contributed by atoms with Crippen molar-refractivity contribution in [2.75, 3.05) is 22.5 Å². The fraction of sp³-hybridized carbons (Fsp3) is 0.174. The number of hydrogen-bond acceptors (Lipinski definition) is 14. The lowest BCUT2D eigenvalue weighted by molar-refractivity contribution is 0.112. The number of para-hydroxylation sites is 2. The minimum absolute atomic E-state index is 0.0278. The first-order valence-corrected chi connectivity index (χ1v) is 19.9. The Balaban J connectivity index is 0.000000158. The third-order valence-corrected chi connectivity index (χ3v) is 9.44. The minimum Gasteiger partial charge on any atom is -0.397 e. The predicted octanol–water partition coefficient (Wildman–Crippen LogP) is 7.68. The first kappa shape index (κ1) is 42.8. The number of nitrogens with one attached hydrogen (secondary N) is 1. The van der Waals surface area contributed by atoms with Crippen LogP contribution in [0.2, 0.25) is 0 Å². The van der Waals surface area contributed by atoms with Crippen LogP contribution in [0.15, 0.2) is 135 Å². The summed E-state index contributed by atoms with van der Waals surface area (Å²) in [6.07, 6.45) is 13.9. The fourth-order valence-corrected chi connectivity index (χ4v) is 6.68. The average molecular weight is 841 g/mol. The van der Waals surface area contributed by atoms with E-state index in [1.54, 1.807) is 52.9 Å². The van der Waals surface area contributed by atoms with Crippen molar-refractivity contribution in [1.82, 2.24) is 59.0 Å².